The second-order valence-corrected chi connectivity index (χ2v) is 4.29. The number of rotatable bonds is 4. The van der Waals surface area contributed by atoms with Crippen LogP contribution in [0.2, 0.25) is 0 Å². The van der Waals surface area contributed by atoms with Gasteiger partial charge in [-0.05, 0) is 36.9 Å². The van der Waals surface area contributed by atoms with Crippen LogP contribution in [0, 0.1) is 6.92 Å². The van der Waals surface area contributed by atoms with Gasteiger partial charge >= 0.3 is 0 Å². The average Bonchev–Trinajstić information content (AvgIpc) is 2.61. The summed E-state index contributed by atoms with van der Waals surface area (Å²) in [6.07, 6.45) is 3.60. The zero-order valence-electron chi connectivity index (χ0n) is 9.86. The van der Waals surface area contributed by atoms with Crippen LogP contribution in [0.15, 0.2) is 30.5 Å². The van der Waals surface area contributed by atoms with Gasteiger partial charge in [-0.2, -0.15) is 0 Å². The summed E-state index contributed by atoms with van der Waals surface area (Å²) in [5.74, 6) is 0.306. The van der Waals surface area contributed by atoms with Crippen LogP contribution in [0.4, 0.5) is 0 Å². The van der Waals surface area contributed by atoms with E-state index < -0.39 is 0 Å². The number of ketones is 1. The molecule has 0 aliphatic carbocycles. The Morgan fingerprint density at radius 1 is 1.31 bits per heavy atom. The number of fused-ring (bicyclic) bond motifs is 1. The summed E-state index contributed by atoms with van der Waals surface area (Å²) in [4.78, 5) is 11.6. The van der Waals surface area contributed by atoms with E-state index in [-0.39, 0.29) is 0 Å². The molecule has 0 atom stereocenters. The highest BCUT2D eigenvalue weighted by Gasteiger charge is 2.05. The molecule has 0 fully saturated rings. The van der Waals surface area contributed by atoms with Crippen molar-refractivity contribution < 1.29 is 4.79 Å². The van der Waals surface area contributed by atoms with Gasteiger partial charge in [0.1, 0.15) is 0 Å². The lowest BCUT2D eigenvalue weighted by Gasteiger charge is -2.04. The second-order valence-electron chi connectivity index (χ2n) is 4.29. The van der Waals surface area contributed by atoms with E-state index in [1.54, 1.807) is 0 Å². The lowest BCUT2D eigenvalue weighted by Crippen LogP contribution is -2.08. The third-order valence-corrected chi connectivity index (χ3v) is 2.80. The summed E-state index contributed by atoms with van der Waals surface area (Å²) in [6.45, 7) is 4.62. The number of aromatic nitrogens is 1. The number of benzene rings is 1. The van der Waals surface area contributed by atoms with Gasteiger partial charge in [0, 0.05) is 18.1 Å². The monoisotopic (exact) mass is 215 g/mol. The average molecular weight is 215 g/mol. The molecule has 0 saturated carbocycles. The molecular formula is C14H17NO. The Labute approximate surface area is 95.9 Å². The van der Waals surface area contributed by atoms with Crippen LogP contribution in [-0.4, -0.2) is 10.4 Å². The third kappa shape index (κ3) is 2.16. The molecule has 0 aliphatic rings. The topological polar surface area (TPSA) is 22.0 Å². The van der Waals surface area contributed by atoms with E-state index in [0.717, 1.165) is 11.9 Å². The summed E-state index contributed by atoms with van der Waals surface area (Å²) in [7, 11) is 0. The number of hydrogen-bond donors (Lipinski definition) is 0. The van der Waals surface area contributed by atoms with Crippen LogP contribution in [0.1, 0.15) is 25.3 Å². The van der Waals surface area contributed by atoms with Crippen molar-refractivity contribution in [3.05, 3.63) is 36.0 Å². The Morgan fingerprint density at radius 2 is 2.12 bits per heavy atom. The van der Waals surface area contributed by atoms with Gasteiger partial charge in [-0.3, -0.25) is 4.79 Å². The summed E-state index contributed by atoms with van der Waals surface area (Å²) in [5, 5.41) is 1.21. The Kier molecular flexibility index (Phi) is 3.09. The predicted octanol–water partition coefficient (Wildman–Crippen LogP) is 3.32. The standard InChI is InChI=1S/C14H17NO/c1-3-4-13(16)10-15-8-7-12-9-11(2)5-6-14(12)15/h5-9H,3-4,10H2,1-2H3. The van der Waals surface area contributed by atoms with E-state index >= 15 is 0 Å². The Balaban J connectivity index is 2.28. The van der Waals surface area contributed by atoms with Gasteiger partial charge in [0.05, 0.1) is 6.54 Å². The summed E-state index contributed by atoms with van der Waals surface area (Å²) in [6, 6.07) is 8.39. The fourth-order valence-electron chi connectivity index (χ4n) is 2.01. The zero-order chi connectivity index (χ0) is 11.5. The molecule has 0 bridgehead atoms. The molecule has 0 amide bonds. The minimum Gasteiger partial charge on any atom is -0.340 e. The second kappa shape index (κ2) is 4.52. The van der Waals surface area contributed by atoms with Gasteiger partial charge in [0.2, 0.25) is 0 Å². The van der Waals surface area contributed by atoms with Gasteiger partial charge in [-0.1, -0.05) is 18.6 Å². The quantitative estimate of drug-likeness (QED) is 0.766. The molecule has 0 aliphatic heterocycles. The number of hydrogen-bond acceptors (Lipinski definition) is 1. The highest BCUT2D eigenvalue weighted by Crippen LogP contribution is 2.17. The molecule has 0 spiro atoms. The van der Waals surface area contributed by atoms with E-state index in [1.165, 1.54) is 10.9 Å². The van der Waals surface area contributed by atoms with Crippen LogP contribution < -0.4 is 0 Å². The van der Waals surface area contributed by atoms with Crippen molar-refractivity contribution in [3.63, 3.8) is 0 Å². The molecule has 84 valence electrons. The highest BCUT2D eigenvalue weighted by molar-refractivity contribution is 5.84. The maximum atomic E-state index is 11.6. The molecule has 0 unspecified atom stereocenters. The molecule has 1 aromatic heterocycles. The fraction of sp³-hybridized carbons (Fsp3) is 0.357. The summed E-state index contributed by atoms with van der Waals surface area (Å²) < 4.78 is 2.03. The number of carbonyl (C=O) groups is 1. The van der Waals surface area contributed by atoms with Crippen molar-refractivity contribution in [2.75, 3.05) is 0 Å². The van der Waals surface area contributed by atoms with Gasteiger partial charge in [-0.15, -0.1) is 0 Å². The molecule has 2 heteroatoms. The highest BCUT2D eigenvalue weighted by atomic mass is 16.1. The van der Waals surface area contributed by atoms with Gasteiger partial charge in [0.15, 0.2) is 5.78 Å². The lowest BCUT2D eigenvalue weighted by atomic mass is 10.2. The molecule has 1 heterocycles. The minimum absolute atomic E-state index is 0.306. The van der Waals surface area contributed by atoms with Gasteiger partial charge in [0.25, 0.3) is 0 Å². The summed E-state index contributed by atoms with van der Waals surface area (Å²) in [5.41, 5.74) is 2.40. The number of carbonyl (C=O) groups excluding carboxylic acids is 1. The maximum Gasteiger partial charge on any atom is 0.152 e. The summed E-state index contributed by atoms with van der Waals surface area (Å²) >= 11 is 0. The van der Waals surface area contributed by atoms with Gasteiger partial charge < -0.3 is 4.57 Å². The minimum atomic E-state index is 0.306. The van der Waals surface area contributed by atoms with Crippen molar-refractivity contribution >= 4 is 16.7 Å². The molecule has 2 aromatic rings. The molecular weight excluding hydrogens is 198 g/mol. The largest absolute Gasteiger partial charge is 0.340 e. The number of Topliss-reactive ketones (excluding diaryl/α,β-unsaturated/α-hetero) is 1. The SMILES string of the molecule is CCCC(=O)Cn1ccc2cc(C)ccc21. The van der Waals surface area contributed by atoms with Crippen molar-refractivity contribution in [2.45, 2.75) is 33.2 Å². The van der Waals surface area contributed by atoms with Crippen molar-refractivity contribution in [2.24, 2.45) is 0 Å². The fourth-order valence-corrected chi connectivity index (χ4v) is 2.01. The van der Waals surface area contributed by atoms with E-state index in [0.29, 0.717) is 18.7 Å². The maximum absolute atomic E-state index is 11.6. The Morgan fingerprint density at radius 3 is 2.88 bits per heavy atom. The van der Waals surface area contributed by atoms with Crippen molar-refractivity contribution in [1.29, 1.82) is 0 Å². The van der Waals surface area contributed by atoms with Crippen molar-refractivity contribution in [3.8, 4) is 0 Å². The molecule has 2 nitrogen and oxygen atoms in total. The number of aryl methyl sites for hydroxylation is 1. The van der Waals surface area contributed by atoms with Crippen LogP contribution in [-0.2, 0) is 11.3 Å². The van der Waals surface area contributed by atoms with Crippen LogP contribution >= 0.6 is 0 Å². The van der Waals surface area contributed by atoms with Crippen LogP contribution in [0.3, 0.4) is 0 Å². The first-order valence-corrected chi connectivity index (χ1v) is 5.78. The smallest absolute Gasteiger partial charge is 0.152 e. The molecule has 0 saturated heterocycles. The lowest BCUT2D eigenvalue weighted by molar-refractivity contribution is -0.119. The normalized spacial score (nSPS) is 10.9. The zero-order valence-corrected chi connectivity index (χ0v) is 9.86. The van der Waals surface area contributed by atoms with E-state index in [1.807, 2.05) is 17.7 Å². The first kappa shape index (κ1) is 10.9. The molecule has 1 aromatic carbocycles. The third-order valence-electron chi connectivity index (χ3n) is 2.80. The molecule has 16 heavy (non-hydrogen) atoms. The Hall–Kier alpha value is -1.57. The first-order valence-electron chi connectivity index (χ1n) is 5.78. The van der Waals surface area contributed by atoms with Crippen LogP contribution in [0.5, 0.6) is 0 Å². The molecule has 0 N–H and O–H groups in total. The molecule has 0 radical (unpaired) electrons. The Bertz CT molecular complexity index is 510. The van der Waals surface area contributed by atoms with E-state index in [2.05, 4.69) is 31.2 Å². The van der Waals surface area contributed by atoms with Crippen molar-refractivity contribution in [1.82, 2.24) is 4.57 Å². The number of nitrogens with zero attached hydrogens (tertiary/aromatic N) is 1. The van der Waals surface area contributed by atoms with Gasteiger partial charge in [-0.25, -0.2) is 0 Å². The van der Waals surface area contributed by atoms with Crippen LogP contribution in [0.25, 0.3) is 10.9 Å². The van der Waals surface area contributed by atoms with E-state index in [9.17, 15) is 4.79 Å². The predicted molar refractivity (Wildman–Crippen MR) is 66.6 cm³/mol. The molecule has 2 rings (SSSR count). The first-order chi connectivity index (χ1) is 7.70. The van der Waals surface area contributed by atoms with E-state index in [4.69, 9.17) is 0 Å².